The van der Waals surface area contributed by atoms with Crippen molar-refractivity contribution in [2.45, 2.75) is 163 Å². The number of hydrogen-bond acceptors (Lipinski definition) is 9. The molecular formula is C47H72N4O6. The Hall–Kier alpha value is -3.24. The molecule has 57 heavy (non-hydrogen) atoms. The van der Waals surface area contributed by atoms with Crippen molar-refractivity contribution in [1.82, 2.24) is 9.97 Å². The van der Waals surface area contributed by atoms with Gasteiger partial charge in [-0.1, -0.05) is 48.1 Å². The number of Topliss-reactive ketones (excluding diaryl/α,β-unsaturated/α-hetero) is 3. The minimum atomic E-state index is -1.07. The topological polar surface area (TPSA) is 176 Å². The summed E-state index contributed by atoms with van der Waals surface area (Å²) in [6, 6.07) is 0. The van der Waals surface area contributed by atoms with Gasteiger partial charge in [0.15, 0.2) is 11.6 Å². The van der Waals surface area contributed by atoms with Crippen LogP contribution in [0.15, 0.2) is 35.9 Å². The van der Waals surface area contributed by atoms with E-state index in [0.29, 0.717) is 47.3 Å². The van der Waals surface area contributed by atoms with E-state index in [4.69, 9.17) is 10.5 Å². The molecule has 6 aliphatic rings. The number of carboxylic acids is 1. The molecule has 1 aromatic heterocycles. The number of carboxylic acid groups (broad SMARTS) is 1. The number of aromatic nitrogens is 2. The van der Waals surface area contributed by atoms with E-state index in [1.165, 1.54) is 26.8 Å². The third-order valence-electron chi connectivity index (χ3n) is 15.9. The van der Waals surface area contributed by atoms with Gasteiger partial charge in [-0.3, -0.25) is 19.2 Å². The van der Waals surface area contributed by atoms with Gasteiger partial charge in [-0.2, -0.15) is 0 Å². The fourth-order valence-electron chi connectivity index (χ4n) is 12.8. The largest absolute Gasteiger partial charge is 0.495 e. The molecule has 10 heteroatoms. The van der Waals surface area contributed by atoms with Crippen molar-refractivity contribution in [2.24, 2.45) is 62.7 Å². The minimum absolute atomic E-state index is 0.00139. The van der Waals surface area contributed by atoms with Gasteiger partial charge in [0.05, 0.1) is 16.6 Å². The van der Waals surface area contributed by atoms with Crippen LogP contribution in [-0.4, -0.2) is 57.1 Å². The molecule has 7 rings (SSSR count). The highest BCUT2D eigenvalue weighted by atomic mass is 16.5. The molecule has 0 aliphatic heterocycles. The van der Waals surface area contributed by atoms with E-state index in [0.717, 1.165) is 61.9 Å². The number of allylic oxidation sites excluding steroid dienone is 2. The first-order valence-corrected chi connectivity index (χ1v) is 21.5. The first kappa shape index (κ1) is 44.9. The fraction of sp³-hybridized carbons (Fsp3) is 0.745. The molecule has 0 spiro atoms. The third-order valence-corrected chi connectivity index (χ3v) is 15.9. The quantitative estimate of drug-likeness (QED) is 0.163. The van der Waals surface area contributed by atoms with Crippen LogP contribution < -0.4 is 11.5 Å². The van der Waals surface area contributed by atoms with Gasteiger partial charge in [-0.25, -0.2) is 9.97 Å². The summed E-state index contributed by atoms with van der Waals surface area (Å²) in [6.07, 6.45) is 13.6. The lowest BCUT2D eigenvalue weighted by molar-refractivity contribution is -0.185. The van der Waals surface area contributed by atoms with E-state index in [9.17, 15) is 24.3 Å². The van der Waals surface area contributed by atoms with Crippen molar-refractivity contribution in [3.8, 4) is 0 Å². The van der Waals surface area contributed by atoms with Crippen LogP contribution in [0.3, 0.4) is 0 Å². The van der Waals surface area contributed by atoms with Gasteiger partial charge in [0, 0.05) is 43.1 Å². The number of rotatable bonds is 9. The molecule has 1 heterocycles. The molecule has 9 unspecified atom stereocenters. The number of carbonyl (C=O) groups is 4. The number of aryl methyl sites for hydroxylation is 1. The molecule has 9 atom stereocenters. The summed E-state index contributed by atoms with van der Waals surface area (Å²) in [4.78, 5) is 60.1. The van der Waals surface area contributed by atoms with Gasteiger partial charge < -0.3 is 21.3 Å². The summed E-state index contributed by atoms with van der Waals surface area (Å²) >= 11 is 0. The molecule has 5 fully saturated rings. The minimum Gasteiger partial charge on any atom is -0.495 e. The van der Waals surface area contributed by atoms with E-state index in [1.807, 2.05) is 33.2 Å². The molecule has 0 amide bonds. The fourth-order valence-corrected chi connectivity index (χ4v) is 12.8. The van der Waals surface area contributed by atoms with Gasteiger partial charge in [0.1, 0.15) is 11.9 Å². The molecule has 5 saturated carbocycles. The Morgan fingerprint density at radius 3 is 2.07 bits per heavy atom. The Balaban J connectivity index is 0.000000404. The maximum atomic E-state index is 13.6. The van der Waals surface area contributed by atoms with Gasteiger partial charge in [-0.05, 0) is 149 Å². The number of ketones is 3. The van der Waals surface area contributed by atoms with Gasteiger partial charge in [0.2, 0.25) is 5.78 Å². The van der Waals surface area contributed by atoms with Crippen LogP contribution in [0.4, 0.5) is 0 Å². The zero-order valence-corrected chi connectivity index (χ0v) is 36.8. The highest BCUT2D eigenvalue weighted by molar-refractivity contribution is 6.40. The van der Waals surface area contributed by atoms with Crippen molar-refractivity contribution in [2.75, 3.05) is 7.05 Å². The zero-order chi connectivity index (χ0) is 42.7. The molecule has 0 saturated heterocycles. The summed E-state index contributed by atoms with van der Waals surface area (Å²) in [6.45, 7) is 24.3. The first-order chi connectivity index (χ1) is 26.5. The summed E-state index contributed by atoms with van der Waals surface area (Å²) in [5.74, 6) is 1.12. The maximum Gasteiger partial charge on any atom is 0.309 e. The Bertz CT molecular complexity index is 1800. The molecule has 0 aromatic carbocycles. The van der Waals surface area contributed by atoms with E-state index >= 15 is 0 Å². The molecule has 10 nitrogen and oxygen atoms in total. The predicted octanol–water partition coefficient (Wildman–Crippen LogP) is 8.24. The monoisotopic (exact) mass is 789 g/mol. The first-order valence-electron chi connectivity index (χ1n) is 21.5. The summed E-state index contributed by atoms with van der Waals surface area (Å²) in [7, 11) is 1.50. The second-order valence-corrected chi connectivity index (χ2v) is 20.5. The van der Waals surface area contributed by atoms with Crippen LogP contribution in [0.5, 0.6) is 0 Å². The average Bonchev–Trinajstić information content (AvgIpc) is 3.80. The van der Waals surface area contributed by atoms with Gasteiger partial charge >= 0.3 is 5.97 Å². The third kappa shape index (κ3) is 7.60. The predicted molar refractivity (Wildman–Crippen MR) is 223 cm³/mol. The van der Waals surface area contributed by atoms with E-state index < -0.39 is 33.9 Å². The molecule has 5 N–H and O–H groups in total. The number of ether oxygens (including phenoxy) is 1. The number of nitrogens with zero attached hydrogens (tertiary/aromatic N) is 2. The molecule has 1 aromatic rings. The SMILES string of the molecule is C=C(CC(C)(C)C(=O)O)OC1CCC2(C)C(CCC3(C)C4CCC5(C(=O)C(C)=O)CC(=O)C(C(C)C)=C5C4(N)CCC23)C1C.CN.Cc1cnc(C2(C)CC2)nc1. The molecule has 6 aliphatic carbocycles. The molecular weight excluding hydrogens is 717 g/mol. The van der Waals surface area contributed by atoms with Crippen LogP contribution in [0.2, 0.25) is 0 Å². The summed E-state index contributed by atoms with van der Waals surface area (Å²) in [5.41, 5.74) is 12.4. The van der Waals surface area contributed by atoms with Crippen molar-refractivity contribution < 1.29 is 29.0 Å². The Morgan fingerprint density at radius 1 is 0.947 bits per heavy atom. The second kappa shape index (κ2) is 15.7. The van der Waals surface area contributed by atoms with Gasteiger partial charge in [0.25, 0.3) is 0 Å². The van der Waals surface area contributed by atoms with Gasteiger partial charge in [-0.15, -0.1) is 0 Å². The Morgan fingerprint density at radius 2 is 1.53 bits per heavy atom. The van der Waals surface area contributed by atoms with Crippen molar-refractivity contribution >= 4 is 23.3 Å². The van der Waals surface area contributed by atoms with Crippen LogP contribution >= 0.6 is 0 Å². The number of aliphatic carboxylic acids is 1. The lowest BCUT2D eigenvalue weighted by Crippen LogP contribution is -2.69. The molecule has 0 bridgehead atoms. The lowest BCUT2D eigenvalue weighted by Gasteiger charge is -2.69. The van der Waals surface area contributed by atoms with Crippen LogP contribution in [0.25, 0.3) is 0 Å². The molecule has 316 valence electrons. The normalized spacial score (nSPS) is 36.2. The lowest BCUT2D eigenvalue weighted by atomic mass is 9.36. The number of nitrogens with two attached hydrogens (primary N) is 2. The maximum absolute atomic E-state index is 13.6. The molecule has 0 radical (unpaired) electrons. The second-order valence-electron chi connectivity index (χ2n) is 20.5. The standard InChI is InChI=1S/C37H55NO6.C9H12N2.CH5N/c1-20(2)29-25(40)19-36(31(41)23(5)39)16-12-28-35(9)14-10-24-22(4)26(44-21(3)18-33(6,7)32(42)43)11-15-34(24,8)27(35)13-17-37(28,38)30(29)36;1-7-5-10-8(11-6-7)9(2)3-4-9;1-2/h20,22,24,26-28H,3,10-19,38H2,1-2,4-9H3,(H,42,43);5-6H,3-4H2,1-2H3;2H2,1H3. The van der Waals surface area contributed by atoms with Crippen LogP contribution in [0.1, 0.15) is 151 Å². The van der Waals surface area contributed by atoms with Crippen molar-refractivity contribution in [3.63, 3.8) is 0 Å². The Kier molecular flexibility index (Phi) is 12.4. The van der Waals surface area contributed by atoms with Crippen LogP contribution in [0, 0.1) is 58.2 Å². The number of fused-ring (bicyclic) bond motifs is 7. The van der Waals surface area contributed by atoms with Crippen molar-refractivity contribution in [3.05, 3.63) is 47.3 Å². The summed E-state index contributed by atoms with van der Waals surface area (Å²) in [5, 5.41) is 9.58. The number of carbonyl (C=O) groups excluding carboxylic acids is 3. The number of hydrogen-bond donors (Lipinski definition) is 3. The van der Waals surface area contributed by atoms with Crippen molar-refractivity contribution in [1.29, 1.82) is 0 Å². The zero-order valence-electron chi connectivity index (χ0n) is 36.8. The Labute approximate surface area is 341 Å². The summed E-state index contributed by atoms with van der Waals surface area (Å²) < 4.78 is 6.42. The highest BCUT2D eigenvalue weighted by Crippen LogP contribution is 2.72. The van der Waals surface area contributed by atoms with E-state index in [2.05, 4.69) is 50.0 Å². The van der Waals surface area contributed by atoms with E-state index in [1.54, 1.807) is 13.8 Å². The highest BCUT2D eigenvalue weighted by Gasteiger charge is 2.70. The average molecular weight is 789 g/mol. The smallest absolute Gasteiger partial charge is 0.309 e. The van der Waals surface area contributed by atoms with Crippen LogP contribution in [-0.2, 0) is 29.3 Å². The van der Waals surface area contributed by atoms with E-state index in [-0.39, 0.29) is 41.0 Å².